The zero-order valence-electron chi connectivity index (χ0n) is 7.84. The smallest absolute Gasteiger partial charge is 0.119 e. The van der Waals surface area contributed by atoms with Gasteiger partial charge in [-0.05, 0) is 24.3 Å². The van der Waals surface area contributed by atoms with Gasteiger partial charge in [0.25, 0.3) is 0 Å². The second kappa shape index (κ2) is 3.87. The molecule has 1 aromatic rings. The van der Waals surface area contributed by atoms with Crippen molar-refractivity contribution in [1.82, 2.24) is 0 Å². The maximum absolute atomic E-state index is 5.13. The molecule has 0 saturated heterocycles. The van der Waals surface area contributed by atoms with Crippen molar-refractivity contribution in [3.63, 3.8) is 0 Å². The van der Waals surface area contributed by atoms with Crippen LogP contribution in [0.2, 0.25) is 0 Å². The largest absolute Gasteiger partial charge is 0.497 e. The molecule has 1 heterocycles. The number of methoxy groups -OCH3 is 1. The topological polar surface area (TPSA) is 34.0 Å². The molecule has 1 aromatic carbocycles. The normalized spacial score (nSPS) is 22.6. The molecule has 0 aromatic heterocycles. The highest BCUT2D eigenvalue weighted by Crippen LogP contribution is 2.01. The van der Waals surface area contributed by atoms with Gasteiger partial charge in [-0.25, -0.2) is 9.98 Å². The quantitative estimate of drug-likeness (QED) is 0.634. The van der Waals surface area contributed by atoms with Crippen molar-refractivity contribution in [1.29, 1.82) is 0 Å². The third-order valence-corrected chi connectivity index (χ3v) is 1.95. The van der Waals surface area contributed by atoms with Crippen LogP contribution in [-0.4, -0.2) is 13.4 Å². The molecule has 14 heavy (non-hydrogen) atoms. The second-order valence-electron chi connectivity index (χ2n) is 2.83. The Morgan fingerprint density at radius 2 is 2.21 bits per heavy atom. The van der Waals surface area contributed by atoms with Gasteiger partial charge in [-0.1, -0.05) is 6.08 Å². The summed E-state index contributed by atoms with van der Waals surface area (Å²) in [4.78, 5) is 8.13. The van der Waals surface area contributed by atoms with Crippen LogP contribution in [0, 0.1) is 0 Å². The Balaban J connectivity index is 2.69. The fraction of sp³-hybridized carbons (Fsp3) is 0.0909. The second-order valence-corrected chi connectivity index (χ2v) is 2.83. The van der Waals surface area contributed by atoms with E-state index in [1.54, 1.807) is 13.3 Å². The number of benzene rings is 1. The molecule has 0 atom stereocenters. The van der Waals surface area contributed by atoms with Crippen molar-refractivity contribution in [3.05, 3.63) is 41.1 Å². The van der Waals surface area contributed by atoms with Crippen LogP contribution in [-0.2, 0) is 0 Å². The van der Waals surface area contributed by atoms with Crippen LogP contribution in [0.1, 0.15) is 0 Å². The Kier molecular flexibility index (Phi) is 2.40. The van der Waals surface area contributed by atoms with Crippen molar-refractivity contribution in [2.45, 2.75) is 0 Å². The first-order valence-corrected chi connectivity index (χ1v) is 4.30. The fourth-order valence-corrected chi connectivity index (χ4v) is 1.24. The minimum absolute atomic E-state index is 0.834. The Labute approximate surface area is 81.8 Å². The zero-order valence-corrected chi connectivity index (χ0v) is 7.84. The molecule has 1 aliphatic rings. The molecular formula is C11H10N2O. The lowest BCUT2D eigenvalue weighted by Gasteiger charge is -1.98. The van der Waals surface area contributed by atoms with E-state index in [4.69, 9.17) is 4.74 Å². The molecule has 70 valence electrons. The highest BCUT2D eigenvalue weighted by atomic mass is 16.5. The number of nitrogens with zero attached hydrogens (tertiary/aromatic N) is 2. The molecule has 3 heteroatoms. The van der Waals surface area contributed by atoms with E-state index >= 15 is 0 Å². The van der Waals surface area contributed by atoms with E-state index in [0.717, 1.165) is 16.3 Å². The summed E-state index contributed by atoms with van der Waals surface area (Å²) in [5.41, 5.74) is 0. The summed E-state index contributed by atoms with van der Waals surface area (Å²) >= 11 is 0. The van der Waals surface area contributed by atoms with Crippen LogP contribution in [0.15, 0.2) is 40.5 Å². The molecule has 0 saturated carbocycles. The lowest BCUT2D eigenvalue weighted by molar-refractivity contribution is 0.414. The summed E-state index contributed by atoms with van der Waals surface area (Å²) in [7, 11) is 1.65. The highest BCUT2D eigenvalue weighted by molar-refractivity contribution is 5.58. The summed E-state index contributed by atoms with van der Waals surface area (Å²) in [5, 5.41) is 1.94. The maximum atomic E-state index is 5.13. The predicted octanol–water partition coefficient (Wildman–Crippen LogP) is 0.651. The van der Waals surface area contributed by atoms with E-state index in [-0.39, 0.29) is 0 Å². The molecule has 0 spiro atoms. The van der Waals surface area contributed by atoms with Crippen LogP contribution in [0.25, 0.3) is 6.08 Å². The highest BCUT2D eigenvalue weighted by Gasteiger charge is 1.91. The summed E-state index contributed by atoms with van der Waals surface area (Å²) < 4.78 is 5.13. The predicted molar refractivity (Wildman–Crippen MR) is 55.9 cm³/mol. The van der Waals surface area contributed by atoms with Crippen molar-refractivity contribution in [2.24, 2.45) is 9.98 Å². The summed E-state index contributed by atoms with van der Waals surface area (Å²) in [5.74, 6) is 0.834. The minimum Gasteiger partial charge on any atom is -0.497 e. The lowest BCUT2D eigenvalue weighted by Crippen LogP contribution is -2.24. The van der Waals surface area contributed by atoms with Gasteiger partial charge in [0.2, 0.25) is 0 Å². The van der Waals surface area contributed by atoms with Crippen molar-refractivity contribution >= 4 is 12.4 Å². The van der Waals surface area contributed by atoms with E-state index in [0.29, 0.717) is 0 Å². The maximum Gasteiger partial charge on any atom is 0.119 e. The monoisotopic (exact) mass is 186 g/mol. The summed E-state index contributed by atoms with van der Waals surface area (Å²) in [6, 6.07) is 5.74. The SMILES string of the molecule is COc1ccc2/c(c1)=C\C=C/N=C\N=2. The van der Waals surface area contributed by atoms with Gasteiger partial charge < -0.3 is 4.74 Å². The number of hydrogen-bond donors (Lipinski definition) is 0. The van der Waals surface area contributed by atoms with E-state index in [2.05, 4.69) is 9.98 Å². The summed E-state index contributed by atoms with van der Waals surface area (Å²) in [6.07, 6.45) is 7.07. The van der Waals surface area contributed by atoms with E-state index in [1.165, 1.54) is 6.34 Å². The third kappa shape index (κ3) is 1.71. The third-order valence-electron chi connectivity index (χ3n) is 1.95. The molecule has 3 nitrogen and oxygen atoms in total. The first-order valence-electron chi connectivity index (χ1n) is 4.30. The van der Waals surface area contributed by atoms with Crippen molar-refractivity contribution in [3.8, 4) is 5.75 Å². The summed E-state index contributed by atoms with van der Waals surface area (Å²) in [6.45, 7) is 0. The lowest BCUT2D eigenvalue weighted by atomic mass is 10.2. The Bertz CT molecular complexity index is 501. The van der Waals surface area contributed by atoms with Crippen LogP contribution in [0.5, 0.6) is 5.75 Å². The molecular weight excluding hydrogens is 176 g/mol. The van der Waals surface area contributed by atoms with Crippen LogP contribution >= 0.6 is 0 Å². The van der Waals surface area contributed by atoms with Gasteiger partial charge in [-0.2, -0.15) is 0 Å². The standard InChI is InChI=1S/C11H10N2O/c1-14-10-4-5-11-9(7-10)3-2-6-12-8-13-11/h2-8H,1H3/b3-2?,6-2-,9-3-,12-6?,12-8-,13-8?,13-11-. The molecule has 0 radical (unpaired) electrons. The number of fused-ring (bicyclic) bond motifs is 1. The van der Waals surface area contributed by atoms with E-state index < -0.39 is 0 Å². The average molecular weight is 186 g/mol. The Morgan fingerprint density at radius 3 is 3.07 bits per heavy atom. The molecule has 1 aliphatic heterocycles. The van der Waals surface area contributed by atoms with Crippen molar-refractivity contribution < 1.29 is 4.74 Å². The number of aliphatic imine (C=N–C) groups is 1. The molecule has 0 fully saturated rings. The van der Waals surface area contributed by atoms with E-state index in [1.807, 2.05) is 30.4 Å². The molecule has 2 rings (SSSR count). The first kappa shape index (κ1) is 8.69. The zero-order chi connectivity index (χ0) is 9.80. The number of allylic oxidation sites excluding steroid dienone is 1. The van der Waals surface area contributed by atoms with Gasteiger partial charge in [0.05, 0.1) is 12.5 Å². The minimum atomic E-state index is 0.834. The van der Waals surface area contributed by atoms with Gasteiger partial charge in [-0.3, -0.25) is 0 Å². The van der Waals surface area contributed by atoms with Crippen LogP contribution in [0.4, 0.5) is 0 Å². The van der Waals surface area contributed by atoms with Crippen LogP contribution < -0.4 is 15.3 Å². The molecule has 0 N–H and O–H groups in total. The number of rotatable bonds is 1. The van der Waals surface area contributed by atoms with Gasteiger partial charge in [0, 0.05) is 11.4 Å². The number of hydrogen-bond acceptors (Lipinski definition) is 3. The Morgan fingerprint density at radius 1 is 1.29 bits per heavy atom. The van der Waals surface area contributed by atoms with Crippen molar-refractivity contribution in [2.75, 3.05) is 7.11 Å². The molecule has 0 unspecified atom stereocenters. The Hall–Kier alpha value is -1.90. The van der Waals surface area contributed by atoms with Crippen LogP contribution in [0.3, 0.4) is 0 Å². The van der Waals surface area contributed by atoms with Gasteiger partial charge in [0.1, 0.15) is 12.1 Å². The fourth-order valence-electron chi connectivity index (χ4n) is 1.24. The average Bonchev–Trinajstić information content (AvgIpc) is 2.18. The van der Waals surface area contributed by atoms with Gasteiger partial charge >= 0.3 is 0 Å². The molecule has 0 bridgehead atoms. The van der Waals surface area contributed by atoms with Gasteiger partial charge in [0.15, 0.2) is 0 Å². The molecule has 0 aliphatic carbocycles. The molecule has 0 amide bonds. The van der Waals surface area contributed by atoms with Gasteiger partial charge in [-0.15, -0.1) is 0 Å². The first-order chi connectivity index (χ1) is 6.90. The van der Waals surface area contributed by atoms with E-state index in [9.17, 15) is 0 Å². The number of ether oxygens (including phenoxy) is 1.